The minimum atomic E-state index is 0.325. The monoisotopic (exact) mass is 232 g/mol. The zero-order chi connectivity index (χ0) is 12.7. The summed E-state index contributed by atoms with van der Waals surface area (Å²) in [7, 11) is 3.73. The minimum Gasteiger partial charge on any atom is -0.497 e. The summed E-state index contributed by atoms with van der Waals surface area (Å²) in [5.74, 6) is 0.879. The predicted octanol–water partition coefficient (Wildman–Crippen LogP) is 2.82. The Hall–Kier alpha value is -1.53. The molecule has 1 aromatic carbocycles. The molecule has 0 radical (unpaired) electrons. The van der Waals surface area contributed by atoms with Gasteiger partial charge in [-0.2, -0.15) is 5.26 Å². The first-order valence-corrected chi connectivity index (χ1v) is 5.91. The van der Waals surface area contributed by atoms with E-state index in [0.29, 0.717) is 12.5 Å². The van der Waals surface area contributed by atoms with Crippen molar-refractivity contribution in [3.63, 3.8) is 0 Å². The first-order chi connectivity index (χ1) is 8.21. The first-order valence-electron chi connectivity index (χ1n) is 5.91. The Morgan fingerprint density at radius 1 is 1.47 bits per heavy atom. The fourth-order valence-electron chi connectivity index (χ4n) is 1.91. The van der Waals surface area contributed by atoms with Crippen LogP contribution < -0.4 is 4.74 Å². The van der Waals surface area contributed by atoms with Gasteiger partial charge in [-0.3, -0.25) is 4.90 Å². The molecule has 1 aromatic rings. The Kier molecular flexibility index (Phi) is 5.51. The van der Waals surface area contributed by atoms with Crippen molar-refractivity contribution in [2.24, 2.45) is 0 Å². The van der Waals surface area contributed by atoms with Crippen LogP contribution in [0.15, 0.2) is 24.3 Å². The molecule has 92 valence electrons. The van der Waals surface area contributed by atoms with Crippen molar-refractivity contribution < 1.29 is 4.74 Å². The summed E-state index contributed by atoms with van der Waals surface area (Å²) in [4.78, 5) is 2.22. The van der Waals surface area contributed by atoms with E-state index in [4.69, 9.17) is 10.00 Å². The van der Waals surface area contributed by atoms with Gasteiger partial charge >= 0.3 is 0 Å². The lowest BCUT2D eigenvalue weighted by Crippen LogP contribution is -2.30. The number of methoxy groups -OCH3 is 1. The molecule has 1 atom stereocenters. The van der Waals surface area contributed by atoms with Crippen LogP contribution in [0.4, 0.5) is 0 Å². The molecule has 0 spiro atoms. The average molecular weight is 232 g/mol. The highest BCUT2D eigenvalue weighted by atomic mass is 16.5. The molecule has 0 aliphatic heterocycles. The third kappa shape index (κ3) is 4.08. The third-order valence-electron chi connectivity index (χ3n) is 2.99. The molecule has 1 rings (SSSR count). The van der Waals surface area contributed by atoms with Crippen molar-refractivity contribution in [3.8, 4) is 11.8 Å². The van der Waals surface area contributed by atoms with Gasteiger partial charge in [-0.25, -0.2) is 0 Å². The molecule has 17 heavy (non-hydrogen) atoms. The van der Waals surface area contributed by atoms with Gasteiger partial charge < -0.3 is 4.74 Å². The molecule has 3 heteroatoms. The van der Waals surface area contributed by atoms with Gasteiger partial charge in [-0.1, -0.05) is 19.1 Å². The predicted molar refractivity (Wildman–Crippen MR) is 68.8 cm³/mol. The first kappa shape index (κ1) is 13.5. The van der Waals surface area contributed by atoms with Crippen LogP contribution in [-0.2, 0) is 6.54 Å². The summed E-state index contributed by atoms with van der Waals surface area (Å²) in [6, 6.07) is 10.6. The second-order valence-corrected chi connectivity index (χ2v) is 4.19. The maximum atomic E-state index is 8.77. The lowest BCUT2D eigenvalue weighted by molar-refractivity contribution is 0.230. The summed E-state index contributed by atoms with van der Waals surface area (Å²) in [6.45, 7) is 2.96. The summed E-state index contributed by atoms with van der Waals surface area (Å²) in [5, 5.41) is 8.77. The quantitative estimate of drug-likeness (QED) is 0.756. The van der Waals surface area contributed by atoms with Gasteiger partial charge in [0.05, 0.1) is 19.6 Å². The largest absolute Gasteiger partial charge is 0.497 e. The summed E-state index contributed by atoms with van der Waals surface area (Å²) in [5.41, 5.74) is 1.21. The van der Waals surface area contributed by atoms with E-state index < -0.39 is 0 Å². The van der Waals surface area contributed by atoms with E-state index in [2.05, 4.69) is 31.0 Å². The molecule has 0 N–H and O–H groups in total. The van der Waals surface area contributed by atoms with Gasteiger partial charge in [0.1, 0.15) is 5.75 Å². The third-order valence-corrected chi connectivity index (χ3v) is 2.99. The van der Waals surface area contributed by atoms with Gasteiger partial charge in [-0.15, -0.1) is 0 Å². The fourth-order valence-corrected chi connectivity index (χ4v) is 1.91. The molecule has 0 saturated carbocycles. The molecule has 0 fully saturated rings. The van der Waals surface area contributed by atoms with Crippen molar-refractivity contribution in [2.45, 2.75) is 32.4 Å². The van der Waals surface area contributed by atoms with Crippen molar-refractivity contribution in [1.82, 2.24) is 4.90 Å². The molecule has 0 aliphatic carbocycles. The molecule has 0 heterocycles. The molecule has 0 bridgehead atoms. The van der Waals surface area contributed by atoms with E-state index in [9.17, 15) is 0 Å². The number of hydrogen-bond acceptors (Lipinski definition) is 3. The highest BCUT2D eigenvalue weighted by Gasteiger charge is 2.12. The highest BCUT2D eigenvalue weighted by molar-refractivity contribution is 5.28. The second-order valence-electron chi connectivity index (χ2n) is 4.19. The molecule has 0 saturated heterocycles. The second kappa shape index (κ2) is 6.93. The molecular formula is C14H20N2O. The maximum Gasteiger partial charge on any atom is 0.119 e. The zero-order valence-electron chi connectivity index (χ0n) is 10.8. The molecule has 1 unspecified atom stereocenters. The van der Waals surface area contributed by atoms with Crippen LogP contribution in [-0.4, -0.2) is 25.1 Å². The van der Waals surface area contributed by atoms with Gasteiger partial charge in [0.2, 0.25) is 0 Å². The normalized spacial score (nSPS) is 12.2. The van der Waals surface area contributed by atoms with Gasteiger partial charge in [-0.05, 0) is 31.2 Å². The van der Waals surface area contributed by atoms with E-state index in [1.807, 2.05) is 18.2 Å². The lowest BCUT2D eigenvalue weighted by atomic mass is 10.1. The Morgan fingerprint density at radius 2 is 2.24 bits per heavy atom. The van der Waals surface area contributed by atoms with Crippen LogP contribution in [0, 0.1) is 11.3 Å². The Balaban J connectivity index is 2.66. The SMILES string of the molecule is CCC(CC#N)N(C)Cc1cccc(OC)c1. The number of benzene rings is 1. The zero-order valence-corrected chi connectivity index (χ0v) is 10.8. The lowest BCUT2D eigenvalue weighted by Gasteiger charge is -2.25. The van der Waals surface area contributed by atoms with Crippen LogP contribution in [0.2, 0.25) is 0 Å². The van der Waals surface area contributed by atoms with E-state index in [1.165, 1.54) is 5.56 Å². The van der Waals surface area contributed by atoms with Crippen LogP contribution in [0.25, 0.3) is 0 Å². The standard InChI is InChI=1S/C14H20N2O/c1-4-13(8-9-15)16(2)11-12-6-5-7-14(10-12)17-3/h5-7,10,13H,4,8,11H2,1-3H3. The topological polar surface area (TPSA) is 36.3 Å². The van der Waals surface area contributed by atoms with E-state index in [1.54, 1.807) is 7.11 Å². The maximum absolute atomic E-state index is 8.77. The average Bonchev–Trinajstić information content (AvgIpc) is 2.36. The number of nitrogens with zero attached hydrogens (tertiary/aromatic N) is 2. The summed E-state index contributed by atoms with van der Waals surface area (Å²) < 4.78 is 5.20. The van der Waals surface area contributed by atoms with Crippen molar-refractivity contribution in [3.05, 3.63) is 29.8 Å². The number of nitriles is 1. The van der Waals surface area contributed by atoms with Crippen LogP contribution in [0.1, 0.15) is 25.3 Å². The molecular weight excluding hydrogens is 212 g/mol. The van der Waals surface area contributed by atoms with Gasteiger partial charge in [0.15, 0.2) is 0 Å². The highest BCUT2D eigenvalue weighted by Crippen LogP contribution is 2.16. The van der Waals surface area contributed by atoms with Crippen molar-refractivity contribution in [2.75, 3.05) is 14.2 Å². The number of rotatable bonds is 6. The van der Waals surface area contributed by atoms with E-state index in [0.717, 1.165) is 18.7 Å². The molecule has 0 aromatic heterocycles. The Labute approximate surface area is 104 Å². The van der Waals surface area contributed by atoms with Crippen LogP contribution in [0.5, 0.6) is 5.75 Å². The number of ether oxygens (including phenoxy) is 1. The molecule has 3 nitrogen and oxygen atoms in total. The minimum absolute atomic E-state index is 0.325. The Bertz CT molecular complexity index is 384. The van der Waals surface area contributed by atoms with Crippen molar-refractivity contribution >= 4 is 0 Å². The fraction of sp³-hybridized carbons (Fsp3) is 0.500. The van der Waals surface area contributed by atoms with Crippen LogP contribution >= 0.6 is 0 Å². The Morgan fingerprint density at radius 3 is 2.82 bits per heavy atom. The molecule has 0 aliphatic rings. The van der Waals surface area contributed by atoms with E-state index in [-0.39, 0.29) is 0 Å². The van der Waals surface area contributed by atoms with Crippen LogP contribution in [0.3, 0.4) is 0 Å². The van der Waals surface area contributed by atoms with Crippen molar-refractivity contribution in [1.29, 1.82) is 5.26 Å². The number of hydrogen-bond donors (Lipinski definition) is 0. The summed E-state index contributed by atoms with van der Waals surface area (Å²) >= 11 is 0. The van der Waals surface area contributed by atoms with Gasteiger partial charge in [0, 0.05) is 12.6 Å². The molecule has 0 amide bonds. The smallest absolute Gasteiger partial charge is 0.119 e. The summed E-state index contributed by atoms with van der Waals surface area (Å²) in [6.07, 6.45) is 1.57. The van der Waals surface area contributed by atoms with Gasteiger partial charge in [0.25, 0.3) is 0 Å². The van der Waals surface area contributed by atoms with E-state index >= 15 is 0 Å².